The minimum absolute atomic E-state index is 0.258. The second-order valence-electron chi connectivity index (χ2n) is 7.33. The lowest BCUT2D eigenvalue weighted by Gasteiger charge is -2.25. The molecule has 2 heterocycles. The summed E-state index contributed by atoms with van der Waals surface area (Å²) in [6.45, 7) is 4.85. The van der Waals surface area contributed by atoms with Gasteiger partial charge in [0, 0.05) is 19.2 Å². The molecule has 1 aromatic carbocycles. The lowest BCUT2D eigenvalue weighted by atomic mass is 10.0. The van der Waals surface area contributed by atoms with Gasteiger partial charge in [-0.2, -0.15) is 0 Å². The molecule has 0 spiro atoms. The van der Waals surface area contributed by atoms with E-state index < -0.39 is 17.1 Å². The van der Waals surface area contributed by atoms with Crippen LogP contribution in [-0.2, 0) is 21.5 Å². The van der Waals surface area contributed by atoms with E-state index in [0.29, 0.717) is 26.8 Å². The third-order valence-electron chi connectivity index (χ3n) is 4.88. The SMILES string of the molecule is COCCc1nc2sc(C(=O)Nc3ccccc3)c(C)c2c(=O)n1C(C)(C)C(=O)O. The number of carbonyl (C=O) groups excluding carboxylic acids is 1. The molecule has 0 bridgehead atoms. The molecule has 0 fully saturated rings. The summed E-state index contributed by atoms with van der Waals surface area (Å²) in [6, 6.07) is 9.00. The fourth-order valence-electron chi connectivity index (χ4n) is 3.18. The number of anilines is 1. The molecule has 0 saturated carbocycles. The monoisotopic (exact) mass is 429 g/mol. The van der Waals surface area contributed by atoms with Crippen LogP contribution in [0.5, 0.6) is 0 Å². The van der Waals surface area contributed by atoms with Gasteiger partial charge in [-0.15, -0.1) is 11.3 Å². The molecule has 30 heavy (non-hydrogen) atoms. The lowest BCUT2D eigenvalue weighted by molar-refractivity contribution is -0.146. The third-order valence-corrected chi connectivity index (χ3v) is 6.07. The highest BCUT2D eigenvalue weighted by Gasteiger charge is 2.34. The van der Waals surface area contributed by atoms with Crippen LogP contribution in [-0.4, -0.2) is 40.3 Å². The Kier molecular flexibility index (Phi) is 6.04. The normalized spacial score (nSPS) is 11.6. The van der Waals surface area contributed by atoms with Crippen LogP contribution < -0.4 is 10.9 Å². The van der Waals surface area contributed by atoms with Gasteiger partial charge in [-0.25, -0.2) is 9.78 Å². The molecule has 0 saturated heterocycles. The number of ether oxygens (including phenoxy) is 1. The van der Waals surface area contributed by atoms with Gasteiger partial charge in [-0.3, -0.25) is 14.2 Å². The Balaban J connectivity index is 2.18. The number of nitrogens with zero attached hydrogens (tertiary/aromatic N) is 2. The van der Waals surface area contributed by atoms with Crippen LogP contribution in [0.3, 0.4) is 0 Å². The first-order valence-electron chi connectivity index (χ1n) is 9.32. The maximum absolute atomic E-state index is 13.4. The van der Waals surface area contributed by atoms with E-state index in [2.05, 4.69) is 10.3 Å². The molecular weight excluding hydrogens is 406 g/mol. The van der Waals surface area contributed by atoms with Crippen molar-refractivity contribution in [1.29, 1.82) is 0 Å². The van der Waals surface area contributed by atoms with E-state index in [9.17, 15) is 19.5 Å². The number of hydrogen-bond donors (Lipinski definition) is 2. The van der Waals surface area contributed by atoms with Gasteiger partial charge in [0.25, 0.3) is 11.5 Å². The van der Waals surface area contributed by atoms with Gasteiger partial charge in [0.2, 0.25) is 0 Å². The summed E-state index contributed by atoms with van der Waals surface area (Å²) in [5.74, 6) is -1.19. The van der Waals surface area contributed by atoms with Gasteiger partial charge < -0.3 is 15.2 Å². The zero-order chi connectivity index (χ0) is 22.1. The quantitative estimate of drug-likeness (QED) is 0.597. The van der Waals surface area contributed by atoms with E-state index in [4.69, 9.17) is 4.74 Å². The number of amides is 1. The summed E-state index contributed by atoms with van der Waals surface area (Å²) in [7, 11) is 1.52. The van der Waals surface area contributed by atoms with Crippen LogP contribution >= 0.6 is 11.3 Å². The fraction of sp³-hybridized carbons (Fsp3) is 0.333. The summed E-state index contributed by atoms with van der Waals surface area (Å²) >= 11 is 1.12. The molecule has 0 unspecified atom stereocenters. The largest absolute Gasteiger partial charge is 0.480 e. The van der Waals surface area contributed by atoms with E-state index in [1.807, 2.05) is 18.2 Å². The molecule has 2 aromatic heterocycles. The maximum atomic E-state index is 13.4. The van der Waals surface area contributed by atoms with Crippen molar-refractivity contribution in [1.82, 2.24) is 9.55 Å². The standard InChI is InChI=1S/C21H23N3O5S/c1-12-15-18(30-16(12)17(25)22-13-8-6-5-7-9-13)23-14(10-11-29-4)24(19(15)26)21(2,3)20(27)28/h5-9H,10-11H2,1-4H3,(H,22,25)(H,27,28). The number of aryl methyl sites for hydroxylation is 1. The molecule has 1 amide bonds. The lowest BCUT2D eigenvalue weighted by Crippen LogP contribution is -2.45. The number of rotatable bonds is 7. The number of carboxylic acid groups (broad SMARTS) is 1. The van der Waals surface area contributed by atoms with Crippen LogP contribution in [0.15, 0.2) is 35.1 Å². The van der Waals surface area contributed by atoms with Gasteiger partial charge in [0.05, 0.1) is 16.9 Å². The van der Waals surface area contributed by atoms with Gasteiger partial charge in [-0.05, 0) is 38.5 Å². The topological polar surface area (TPSA) is 111 Å². The van der Waals surface area contributed by atoms with Crippen LogP contribution in [0.25, 0.3) is 10.2 Å². The molecule has 9 heteroatoms. The minimum atomic E-state index is -1.51. The summed E-state index contributed by atoms with van der Waals surface area (Å²) in [6.07, 6.45) is 0.265. The number of para-hydroxylation sites is 1. The van der Waals surface area contributed by atoms with Gasteiger partial charge in [0.15, 0.2) is 0 Å². The predicted molar refractivity (Wildman–Crippen MR) is 116 cm³/mol. The number of nitrogens with one attached hydrogen (secondary N) is 1. The van der Waals surface area contributed by atoms with Crippen molar-refractivity contribution in [2.24, 2.45) is 0 Å². The van der Waals surface area contributed by atoms with Crippen LogP contribution in [0.4, 0.5) is 5.69 Å². The molecular formula is C21H23N3O5S. The molecule has 0 aliphatic heterocycles. The number of methoxy groups -OCH3 is 1. The average molecular weight is 429 g/mol. The Morgan fingerprint density at radius 1 is 1.27 bits per heavy atom. The number of benzene rings is 1. The number of aromatic nitrogens is 2. The van der Waals surface area contributed by atoms with E-state index in [0.717, 1.165) is 11.3 Å². The number of carboxylic acids is 1. The second-order valence-corrected chi connectivity index (χ2v) is 8.33. The summed E-state index contributed by atoms with van der Waals surface area (Å²) < 4.78 is 6.29. The Labute approximate surface area is 177 Å². The smallest absolute Gasteiger partial charge is 0.329 e. The molecule has 2 N–H and O–H groups in total. The predicted octanol–water partition coefficient (Wildman–Crippen LogP) is 3.03. The van der Waals surface area contributed by atoms with Crippen molar-refractivity contribution in [3.63, 3.8) is 0 Å². The Morgan fingerprint density at radius 2 is 1.93 bits per heavy atom. The zero-order valence-corrected chi connectivity index (χ0v) is 18.0. The summed E-state index contributed by atoms with van der Waals surface area (Å²) in [5.41, 5.74) is -0.875. The molecule has 0 aliphatic carbocycles. The fourth-order valence-corrected chi connectivity index (χ4v) is 4.27. The number of fused-ring (bicyclic) bond motifs is 1. The first-order chi connectivity index (χ1) is 14.2. The maximum Gasteiger partial charge on any atom is 0.329 e. The first kappa shape index (κ1) is 21.7. The van der Waals surface area contributed by atoms with Gasteiger partial charge in [-0.1, -0.05) is 18.2 Å². The molecule has 3 aromatic rings. The van der Waals surface area contributed by atoms with Crippen molar-refractivity contribution in [2.75, 3.05) is 19.0 Å². The number of thiophene rings is 1. The Morgan fingerprint density at radius 3 is 2.53 bits per heavy atom. The van der Waals surface area contributed by atoms with E-state index in [-0.39, 0.29) is 24.3 Å². The Bertz CT molecular complexity index is 1160. The highest BCUT2D eigenvalue weighted by molar-refractivity contribution is 7.20. The van der Waals surface area contributed by atoms with Crippen molar-refractivity contribution in [3.05, 3.63) is 57.0 Å². The summed E-state index contributed by atoms with van der Waals surface area (Å²) in [5, 5.41) is 12.8. The third kappa shape index (κ3) is 3.86. The minimum Gasteiger partial charge on any atom is -0.480 e. The number of aliphatic carboxylic acids is 1. The second kappa shape index (κ2) is 8.37. The molecule has 0 aliphatic rings. The Hall–Kier alpha value is -3.04. The molecule has 0 radical (unpaired) electrons. The highest BCUT2D eigenvalue weighted by atomic mass is 32.1. The van der Waals surface area contributed by atoms with Crippen LogP contribution in [0.2, 0.25) is 0 Å². The van der Waals surface area contributed by atoms with Crippen molar-refractivity contribution >= 4 is 39.1 Å². The van der Waals surface area contributed by atoms with E-state index >= 15 is 0 Å². The van der Waals surface area contributed by atoms with Crippen molar-refractivity contribution < 1.29 is 19.4 Å². The summed E-state index contributed by atoms with van der Waals surface area (Å²) in [4.78, 5) is 43.4. The highest BCUT2D eigenvalue weighted by Crippen LogP contribution is 2.29. The zero-order valence-electron chi connectivity index (χ0n) is 17.2. The van der Waals surface area contributed by atoms with E-state index in [1.165, 1.54) is 25.5 Å². The molecule has 0 atom stereocenters. The molecule has 158 valence electrons. The first-order valence-corrected chi connectivity index (χ1v) is 10.1. The van der Waals surface area contributed by atoms with Gasteiger partial charge >= 0.3 is 5.97 Å². The van der Waals surface area contributed by atoms with Crippen LogP contribution in [0.1, 0.15) is 34.9 Å². The number of hydrogen-bond acceptors (Lipinski definition) is 6. The molecule has 3 rings (SSSR count). The average Bonchev–Trinajstić information content (AvgIpc) is 3.03. The number of carbonyl (C=O) groups is 2. The van der Waals surface area contributed by atoms with Gasteiger partial charge in [0.1, 0.15) is 16.2 Å². The van der Waals surface area contributed by atoms with Crippen LogP contribution in [0, 0.1) is 6.92 Å². The van der Waals surface area contributed by atoms with Crippen molar-refractivity contribution in [3.8, 4) is 0 Å². The van der Waals surface area contributed by atoms with Crippen molar-refractivity contribution in [2.45, 2.75) is 32.7 Å². The van der Waals surface area contributed by atoms with E-state index in [1.54, 1.807) is 19.1 Å². The molecule has 8 nitrogen and oxygen atoms in total.